The molecule has 2 aliphatic rings. The van der Waals surface area contributed by atoms with Gasteiger partial charge in [0.1, 0.15) is 11.3 Å². The summed E-state index contributed by atoms with van der Waals surface area (Å²) in [4.78, 5) is 26.7. The van der Waals surface area contributed by atoms with Crippen molar-refractivity contribution in [3.8, 4) is 5.75 Å². The number of nitrogen functional groups attached to an aromatic ring is 1. The van der Waals surface area contributed by atoms with Crippen molar-refractivity contribution in [3.63, 3.8) is 0 Å². The van der Waals surface area contributed by atoms with E-state index in [1.54, 1.807) is 7.11 Å². The summed E-state index contributed by atoms with van der Waals surface area (Å²) in [7, 11) is 1.62. The molecule has 0 saturated heterocycles. The lowest BCUT2D eigenvalue weighted by atomic mass is 9.85. The lowest BCUT2D eigenvalue weighted by Gasteiger charge is -2.28. The third-order valence-electron chi connectivity index (χ3n) is 6.60. The van der Waals surface area contributed by atoms with Crippen LogP contribution in [0.1, 0.15) is 44.0 Å². The van der Waals surface area contributed by atoms with Crippen LogP contribution in [-0.2, 0) is 4.79 Å². The molecule has 9 nitrogen and oxygen atoms in total. The smallest absolute Gasteiger partial charge is 0.227 e. The van der Waals surface area contributed by atoms with Crippen molar-refractivity contribution in [2.24, 2.45) is 5.92 Å². The predicted octanol–water partition coefficient (Wildman–Crippen LogP) is 3.16. The van der Waals surface area contributed by atoms with Gasteiger partial charge in [-0.05, 0) is 56.4 Å². The number of benzene rings is 1. The van der Waals surface area contributed by atoms with E-state index in [0.717, 1.165) is 67.9 Å². The van der Waals surface area contributed by atoms with Gasteiger partial charge >= 0.3 is 0 Å². The number of carbonyl (C=O) groups excluding carboxylic acids is 1. The monoisotopic (exact) mass is 447 g/mol. The first-order valence-electron chi connectivity index (χ1n) is 11.5. The van der Waals surface area contributed by atoms with Crippen molar-refractivity contribution >= 4 is 34.1 Å². The maximum Gasteiger partial charge on any atom is 0.227 e. The van der Waals surface area contributed by atoms with Gasteiger partial charge in [-0.1, -0.05) is 12.1 Å². The lowest BCUT2D eigenvalue weighted by Crippen LogP contribution is -2.28. The molecular formula is C24H29N7O2. The molecule has 0 radical (unpaired) electrons. The first-order valence-corrected chi connectivity index (χ1v) is 11.5. The zero-order chi connectivity index (χ0) is 22.8. The number of rotatable bonds is 5. The highest BCUT2D eigenvalue weighted by molar-refractivity contribution is 5.92. The summed E-state index contributed by atoms with van der Waals surface area (Å²) in [6, 6.07) is 7.68. The molecule has 3 aromatic rings. The van der Waals surface area contributed by atoms with Gasteiger partial charge in [-0.3, -0.25) is 4.79 Å². The van der Waals surface area contributed by atoms with Crippen molar-refractivity contribution in [2.75, 3.05) is 31.2 Å². The molecular weight excluding hydrogens is 418 g/mol. The van der Waals surface area contributed by atoms with Gasteiger partial charge in [-0.25, -0.2) is 15.0 Å². The Labute approximate surface area is 192 Å². The number of methoxy groups -OCH3 is 1. The third kappa shape index (κ3) is 4.41. The van der Waals surface area contributed by atoms with Crippen molar-refractivity contribution in [2.45, 2.75) is 38.1 Å². The number of aromatic nitrogens is 4. The predicted molar refractivity (Wildman–Crippen MR) is 128 cm³/mol. The van der Waals surface area contributed by atoms with E-state index >= 15 is 0 Å². The van der Waals surface area contributed by atoms with Gasteiger partial charge in [0.25, 0.3) is 0 Å². The summed E-state index contributed by atoms with van der Waals surface area (Å²) in [5.74, 6) is 1.87. The summed E-state index contributed by atoms with van der Waals surface area (Å²) >= 11 is 0. The lowest BCUT2D eigenvalue weighted by molar-refractivity contribution is -0.120. The van der Waals surface area contributed by atoms with E-state index in [1.807, 2.05) is 30.6 Å². The van der Waals surface area contributed by atoms with Crippen molar-refractivity contribution < 1.29 is 9.53 Å². The number of imidazole rings is 1. The summed E-state index contributed by atoms with van der Waals surface area (Å²) < 4.78 is 7.36. The molecule has 9 heteroatoms. The highest BCUT2D eigenvalue weighted by atomic mass is 16.5. The Hall–Kier alpha value is -3.46. The first kappa shape index (κ1) is 21.4. The molecule has 3 heterocycles. The van der Waals surface area contributed by atoms with Gasteiger partial charge in [0.05, 0.1) is 13.4 Å². The molecule has 0 atom stereocenters. The molecule has 2 aromatic heterocycles. The van der Waals surface area contributed by atoms with E-state index in [0.29, 0.717) is 17.2 Å². The zero-order valence-corrected chi connectivity index (χ0v) is 18.8. The normalized spacial score (nSPS) is 20.9. The standard InChI is InChI=1S/C24H29N7O2/c1-33-19-4-2-3-17(13-19)28-24(32)16-5-7-18(8-6-16)31-14-27-20-21(25)29-22(30-23(20)31)15-9-11-26-12-10-15/h2-4,9,13-14,16,18,26H,5-8,10-12H2,1H3,(H,28,32)(H2,25,29,30). The number of nitrogens with two attached hydrogens (primary N) is 1. The Morgan fingerprint density at radius 3 is 2.85 bits per heavy atom. The highest BCUT2D eigenvalue weighted by Gasteiger charge is 2.29. The van der Waals surface area contributed by atoms with Crippen LogP contribution in [0.25, 0.3) is 16.7 Å². The van der Waals surface area contributed by atoms with Crippen LogP contribution in [0.3, 0.4) is 0 Å². The van der Waals surface area contributed by atoms with Crippen molar-refractivity contribution in [3.05, 3.63) is 42.5 Å². The van der Waals surface area contributed by atoms with Gasteiger partial charge in [0.15, 0.2) is 17.3 Å². The number of hydrogen-bond acceptors (Lipinski definition) is 7. The molecule has 1 aliphatic carbocycles. The van der Waals surface area contributed by atoms with Crippen LogP contribution < -0.4 is 21.1 Å². The fraction of sp³-hybridized carbons (Fsp3) is 0.417. The third-order valence-corrected chi connectivity index (χ3v) is 6.60. The molecule has 1 amide bonds. The number of nitrogens with zero attached hydrogens (tertiary/aromatic N) is 4. The number of ether oxygens (including phenoxy) is 1. The summed E-state index contributed by atoms with van der Waals surface area (Å²) in [5, 5.41) is 6.34. The van der Waals surface area contributed by atoms with E-state index < -0.39 is 0 Å². The van der Waals surface area contributed by atoms with Gasteiger partial charge < -0.3 is 25.7 Å². The SMILES string of the molecule is COc1cccc(NC(=O)C2CCC(n3cnc4c(N)nc(C5=CCNCC5)nc43)CC2)c1. The number of amides is 1. The number of nitrogens with one attached hydrogen (secondary N) is 2. The summed E-state index contributed by atoms with van der Waals surface area (Å²) in [6.45, 7) is 1.73. The number of anilines is 2. The second kappa shape index (κ2) is 9.19. The largest absolute Gasteiger partial charge is 0.497 e. The van der Waals surface area contributed by atoms with Crippen LogP contribution in [0.2, 0.25) is 0 Å². The van der Waals surface area contributed by atoms with Crippen LogP contribution in [0.5, 0.6) is 5.75 Å². The van der Waals surface area contributed by atoms with Crippen LogP contribution in [-0.4, -0.2) is 45.6 Å². The van der Waals surface area contributed by atoms with Gasteiger partial charge in [-0.15, -0.1) is 0 Å². The molecule has 4 N–H and O–H groups in total. The highest BCUT2D eigenvalue weighted by Crippen LogP contribution is 2.35. The number of carbonyl (C=O) groups is 1. The molecule has 1 fully saturated rings. The van der Waals surface area contributed by atoms with E-state index in [4.69, 9.17) is 15.5 Å². The molecule has 0 spiro atoms. The quantitative estimate of drug-likeness (QED) is 0.549. The molecule has 172 valence electrons. The molecule has 1 aromatic carbocycles. The molecule has 1 saturated carbocycles. The van der Waals surface area contributed by atoms with Crippen LogP contribution in [0.4, 0.5) is 11.5 Å². The topological polar surface area (TPSA) is 120 Å². The second-order valence-corrected chi connectivity index (χ2v) is 8.67. The molecule has 5 rings (SSSR count). The van der Waals surface area contributed by atoms with Gasteiger partial charge in [0, 0.05) is 30.3 Å². The number of hydrogen-bond donors (Lipinski definition) is 3. The fourth-order valence-electron chi connectivity index (χ4n) is 4.74. The van der Waals surface area contributed by atoms with Crippen LogP contribution >= 0.6 is 0 Å². The van der Waals surface area contributed by atoms with Gasteiger partial charge in [-0.2, -0.15) is 0 Å². The Morgan fingerprint density at radius 2 is 2.09 bits per heavy atom. The second-order valence-electron chi connectivity index (χ2n) is 8.67. The Kier molecular flexibility index (Phi) is 5.95. The molecule has 1 aliphatic heterocycles. The van der Waals surface area contributed by atoms with E-state index in [-0.39, 0.29) is 17.9 Å². The first-order chi connectivity index (χ1) is 16.1. The minimum absolute atomic E-state index is 0.0163. The summed E-state index contributed by atoms with van der Waals surface area (Å²) in [5.41, 5.74) is 9.53. The van der Waals surface area contributed by atoms with Crippen LogP contribution in [0.15, 0.2) is 36.7 Å². The van der Waals surface area contributed by atoms with Crippen molar-refractivity contribution in [1.82, 2.24) is 24.8 Å². The Bertz CT molecular complexity index is 1190. The van der Waals surface area contributed by atoms with Gasteiger partial charge in [0.2, 0.25) is 5.91 Å². The number of fused-ring (bicyclic) bond motifs is 1. The minimum Gasteiger partial charge on any atom is -0.497 e. The summed E-state index contributed by atoms with van der Waals surface area (Å²) in [6.07, 6.45) is 8.21. The molecule has 0 unspecified atom stereocenters. The maximum absolute atomic E-state index is 12.8. The zero-order valence-electron chi connectivity index (χ0n) is 18.8. The van der Waals surface area contributed by atoms with Crippen molar-refractivity contribution in [1.29, 1.82) is 0 Å². The molecule has 0 bridgehead atoms. The minimum atomic E-state index is -0.0163. The van der Waals surface area contributed by atoms with Crippen LogP contribution in [0, 0.1) is 5.92 Å². The van der Waals surface area contributed by atoms with E-state index in [2.05, 4.69) is 31.2 Å². The maximum atomic E-state index is 12.8. The molecule has 33 heavy (non-hydrogen) atoms. The van der Waals surface area contributed by atoms with E-state index in [1.165, 1.54) is 0 Å². The Balaban J connectivity index is 1.29. The average Bonchev–Trinajstić information content (AvgIpc) is 3.29. The average molecular weight is 448 g/mol. The fourth-order valence-corrected chi connectivity index (χ4v) is 4.74. The van der Waals surface area contributed by atoms with E-state index in [9.17, 15) is 4.79 Å². The Morgan fingerprint density at radius 1 is 1.24 bits per heavy atom.